The molecule has 1 rings (SSSR count). The maximum absolute atomic E-state index is 7.54. The van der Waals surface area contributed by atoms with Gasteiger partial charge in [0.1, 0.15) is 0 Å². The molecule has 0 atom stereocenters. The van der Waals surface area contributed by atoms with E-state index in [0.29, 0.717) is 12.5 Å². The van der Waals surface area contributed by atoms with Gasteiger partial charge in [-0.3, -0.25) is 5.41 Å². The Morgan fingerprint density at radius 1 is 1.32 bits per heavy atom. The Bertz CT molecular complexity index is 393. The molecule has 0 amide bonds. The van der Waals surface area contributed by atoms with Gasteiger partial charge in [0.2, 0.25) is 0 Å². The Labute approximate surface area is 120 Å². The molecule has 0 fully saturated rings. The largest absolute Gasteiger partial charge is 0.481 e. The fraction of sp³-hybridized carbons (Fsp3) is 0.533. The standard InChI is InChI=1S/C15H24N2OS/c1-4-18-15(16)8-9-19-12-14-7-5-6-13(10-14)11-17(2)3/h5-7,10,16H,4,8-9,11-12H2,1-3H3. The first-order valence-electron chi connectivity index (χ1n) is 6.62. The van der Waals surface area contributed by atoms with Gasteiger partial charge in [-0.1, -0.05) is 24.3 Å². The lowest BCUT2D eigenvalue weighted by Crippen LogP contribution is -2.10. The van der Waals surface area contributed by atoms with Crippen LogP contribution in [0.3, 0.4) is 0 Å². The van der Waals surface area contributed by atoms with Crippen LogP contribution in [0.25, 0.3) is 0 Å². The van der Waals surface area contributed by atoms with E-state index in [2.05, 4.69) is 43.3 Å². The SMILES string of the molecule is CCOC(=N)CCSCc1cccc(CN(C)C)c1. The molecule has 1 N–H and O–H groups in total. The van der Waals surface area contributed by atoms with Crippen LogP contribution in [-0.2, 0) is 17.0 Å². The van der Waals surface area contributed by atoms with Gasteiger partial charge >= 0.3 is 0 Å². The average Bonchev–Trinajstić information content (AvgIpc) is 2.35. The van der Waals surface area contributed by atoms with Gasteiger partial charge in [-0.05, 0) is 32.1 Å². The van der Waals surface area contributed by atoms with Crippen LogP contribution >= 0.6 is 11.8 Å². The van der Waals surface area contributed by atoms with E-state index < -0.39 is 0 Å². The maximum atomic E-state index is 7.54. The zero-order chi connectivity index (χ0) is 14.1. The van der Waals surface area contributed by atoms with Crippen LogP contribution in [0.5, 0.6) is 0 Å². The molecule has 0 radical (unpaired) electrons. The number of rotatable bonds is 8. The zero-order valence-corrected chi connectivity index (χ0v) is 12.9. The second-order valence-electron chi connectivity index (χ2n) is 4.72. The quantitative estimate of drug-likeness (QED) is 0.450. The summed E-state index contributed by atoms with van der Waals surface area (Å²) in [4.78, 5) is 2.18. The molecule has 0 aliphatic carbocycles. The first-order valence-corrected chi connectivity index (χ1v) is 7.77. The summed E-state index contributed by atoms with van der Waals surface area (Å²) in [5.41, 5.74) is 2.71. The Balaban J connectivity index is 2.31. The van der Waals surface area contributed by atoms with Crippen LogP contribution in [0.1, 0.15) is 24.5 Å². The first kappa shape index (κ1) is 16.1. The van der Waals surface area contributed by atoms with Crippen molar-refractivity contribution in [3.63, 3.8) is 0 Å². The van der Waals surface area contributed by atoms with Gasteiger partial charge in [0.25, 0.3) is 0 Å². The van der Waals surface area contributed by atoms with Crippen molar-refractivity contribution in [2.75, 3.05) is 26.5 Å². The number of hydrogen-bond donors (Lipinski definition) is 1. The van der Waals surface area contributed by atoms with E-state index in [1.54, 1.807) is 0 Å². The summed E-state index contributed by atoms with van der Waals surface area (Å²) in [5.74, 6) is 2.34. The smallest absolute Gasteiger partial charge is 0.181 e. The third kappa shape index (κ3) is 7.23. The first-order chi connectivity index (χ1) is 9.11. The Morgan fingerprint density at radius 2 is 2.05 bits per heavy atom. The van der Waals surface area contributed by atoms with Gasteiger partial charge < -0.3 is 9.64 Å². The predicted octanol–water partition coefficient (Wildman–Crippen LogP) is 3.39. The summed E-state index contributed by atoms with van der Waals surface area (Å²) in [6.07, 6.45) is 0.718. The van der Waals surface area contributed by atoms with Gasteiger partial charge in [0.05, 0.1) is 6.61 Å². The second-order valence-corrected chi connectivity index (χ2v) is 5.82. The summed E-state index contributed by atoms with van der Waals surface area (Å²) >= 11 is 1.85. The molecule has 3 nitrogen and oxygen atoms in total. The van der Waals surface area contributed by atoms with Gasteiger partial charge in [-0.2, -0.15) is 11.8 Å². The van der Waals surface area contributed by atoms with Gasteiger partial charge in [0.15, 0.2) is 5.90 Å². The molecule has 0 spiro atoms. The van der Waals surface area contributed by atoms with Crippen molar-refractivity contribution in [2.24, 2.45) is 0 Å². The Morgan fingerprint density at radius 3 is 2.74 bits per heavy atom. The number of nitrogens with one attached hydrogen (secondary N) is 1. The van der Waals surface area contributed by atoms with Gasteiger partial charge in [0, 0.05) is 24.5 Å². The van der Waals surface area contributed by atoms with E-state index in [-0.39, 0.29) is 0 Å². The highest BCUT2D eigenvalue weighted by Gasteiger charge is 2.00. The molecule has 1 aromatic rings. The lowest BCUT2D eigenvalue weighted by molar-refractivity contribution is 0.316. The molecule has 106 valence electrons. The van der Waals surface area contributed by atoms with Crippen LogP contribution in [0.4, 0.5) is 0 Å². The fourth-order valence-electron chi connectivity index (χ4n) is 1.78. The van der Waals surface area contributed by atoms with Crippen molar-refractivity contribution < 1.29 is 4.74 Å². The molecule has 4 heteroatoms. The number of ether oxygens (including phenoxy) is 1. The van der Waals surface area contributed by atoms with Crippen molar-refractivity contribution in [3.05, 3.63) is 35.4 Å². The van der Waals surface area contributed by atoms with Crippen LogP contribution in [-0.4, -0.2) is 37.3 Å². The summed E-state index contributed by atoms with van der Waals surface area (Å²) in [5, 5.41) is 7.54. The van der Waals surface area contributed by atoms with Crippen molar-refractivity contribution in [1.29, 1.82) is 5.41 Å². The number of benzene rings is 1. The van der Waals surface area contributed by atoms with Gasteiger partial charge in [-0.15, -0.1) is 0 Å². The molecule has 1 aromatic carbocycles. The minimum Gasteiger partial charge on any atom is -0.481 e. The van der Waals surface area contributed by atoms with Crippen molar-refractivity contribution >= 4 is 17.7 Å². The Hall–Kier alpha value is -1.00. The third-order valence-electron chi connectivity index (χ3n) is 2.55. The van der Waals surface area contributed by atoms with E-state index in [0.717, 1.165) is 24.5 Å². The van der Waals surface area contributed by atoms with Crippen LogP contribution in [0.15, 0.2) is 24.3 Å². The molecular weight excluding hydrogens is 256 g/mol. The molecule has 0 bridgehead atoms. The zero-order valence-electron chi connectivity index (χ0n) is 12.1. The summed E-state index contributed by atoms with van der Waals surface area (Å²) in [7, 11) is 4.17. The number of hydrogen-bond acceptors (Lipinski definition) is 4. The monoisotopic (exact) mass is 280 g/mol. The topological polar surface area (TPSA) is 36.3 Å². The number of thioether (sulfide) groups is 1. The molecule has 0 aliphatic rings. The Kier molecular flexibility index (Phi) is 7.60. The minimum atomic E-state index is 0.399. The molecule has 0 saturated carbocycles. The number of nitrogens with zero attached hydrogens (tertiary/aromatic N) is 1. The maximum Gasteiger partial charge on any atom is 0.181 e. The fourth-order valence-corrected chi connectivity index (χ4v) is 2.67. The van der Waals surface area contributed by atoms with E-state index in [9.17, 15) is 0 Å². The highest BCUT2D eigenvalue weighted by Crippen LogP contribution is 2.15. The van der Waals surface area contributed by atoms with E-state index in [1.165, 1.54) is 11.1 Å². The molecule has 0 saturated heterocycles. The van der Waals surface area contributed by atoms with E-state index >= 15 is 0 Å². The summed E-state index contributed by atoms with van der Waals surface area (Å²) in [6, 6.07) is 8.72. The highest BCUT2D eigenvalue weighted by molar-refractivity contribution is 7.98. The average molecular weight is 280 g/mol. The van der Waals surface area contributed by atoms with Crippen LogP contribution in [0, 0.1) is 5.41 Å². The summed E-state index contributed by atoms with van der Waals surface area (Å²) in [6.45, 7) is 3.49. The summed E-state index contributed by atoms with van der Waals surface area (Å²) < 4.78 is 5.12. The van der Waals surface area contributed by atoms with E-state index in [1.807, 2.05) is 18.7 Å². The predicted molar refractivity (Wildman–Crippen MR) is 84.0 cm³/mol. The van der Waals surface area contributed by atoms with E-state index in [4.69, 9.17) is 10.1 Å². The van der Waals surface area contributed by atoms with Crippen LogP contribution < -0.4 is 0 Å². The third-order valence-corrected chi connectivity index (χ3v) is 3.58. The lowest BCUT2D eigenvalue weighted by Gasteiger charge is -2.11. The molecule has 0 unspecified atom stereocenters. The minimum absolute atomic E-state index is 0.399. The molecule has 0 aromatic heterocycles. The molecule has 19 heavy (non-hydrogen) atoms. The highest BCUT2D eigenvalue weighted by atomic mass is 32.2. The van der Waals surface area contributed by atoms with Crippen molar-refractivity contribution in [2.45, 2.75) is 25.6 Å². The lowest BCUT2D eigenvalue weighted by atomic mass is 10.1. The molecule has 0 heterocycles. The molecule has 0 aliphatic heterocycles. The van der Waals surface area contributed by atoms with Crippen LogP contribution in [0.2, 0.25) is 0 Å². The van der Waals surface area contributed by atoms with Crippen molar-refractivity contribution in [3.8, 4) is 0 Å². The van der Waals surface area contributed by atoms with Crippen molar-refractivity contribution in [1.82, 2.24) is 4.90 Å². The normalized spacial score (nSPS) is 10.7. The second kappa shape index (κ2) is 8.99. The van der Waals surface area contributed by atoms with Gasteiger partial charge in [-0.25, -0.2) is 0 Å². The molecular formula is C15H24N2OS.